The zero-order valence-electron chi connectivity index (χ0n) is 16.7. The molecule has 0 bridgehead atoms. The fourth-order valence-electron chi connectivity index (χ4n) is 4.07. The highest BCUT2D eigenvalue weighted by Gasteiger charge is 2.36. The Morgan fingerprint density at radius 1 is 1.17 bits per heavy atom. The summed E-state index contributed by atoms with van der Waals surface area (Å²) in [7, 11) is 0. The Morgan fingerprint density at radius 2 is 2.03 bits per heavy atom. The van der Waals surface area contributed by atoms with Crippen molar-refractivity contribution in [3.63, 3.8) is 0 Å². The molecule has 3 heterocycles. The van der Waals surface area contributed by atoms with Gasteiger partial charge in [-0.1, -0.05) is 19.1 Å². The van der Waals surface area contributed by atoms with Crippen molar-refractivity contribution in [2.24, 2.45) is 5.92 Å². The second-order valence-corrected chi connectivity index (χ2v) is 8.14. The molecule has 2 fully saturated rings. The largest absolute Gasteiger partial charge is 0.461 e. The molecule has 6 nitrogen and oxygen atoms in total. The van der Waals surface area contributed by atoms with E-state index in [0.717, 1.165) is 54.6 Å². The number of H-pyrrole nitrogens is 1. The van der Waals surface area contributed by atoms with Crippen LogP contribution >= 0.6 is 0 Å². The lowest BCUT2D eigenvalue weighted by Gasteiger charge is -2.20. The average Bonchev–Trinajstić information content (AvgIpc) is 3.15. The van der Waals surface area contributed by atoms with Crippen LogP contribution in [0, 0.1) is 5.92 Å². The molecular weight excluding hydrogens is 364 g/mol. The molecule has 1 aliphatic carbocycles. The lowest BCUT2D eigenvalue weighted by Crippen LogP contribution is -2.34. The van der Waals surface area contributed by atoms with Gasteiger partial charge in [0, 0.05) is 38.2 Å². The van der Waals surface area contributed by atoms with Gasteiger partial charge in [-0.25, -0.2) is 4.98 Å². The number of hydrogen-bond acceptors (Lipinski definition) is 4. The summed E-state index contributed by atoms with van der Waals surface area (Å²) in [6, 6.07) is 12.0. The maximum absolute atomic E-state index is 12.7. The number of rotatable bonds is 4. The van der Waals surface area contributed by atoms with Gasteiger partial charge in [-0.15, -0.1) is 0 Å². The molecule has 1 saturated heterocycles. The first-order chi connectivity index (χ1) is 14.2. The number of imidazole rings is 1. The van der Waals surface area contributed by atoms with Crippen LogP contribution in [0.1, 0.15) is 37.2 Å². The second-order valence-electron chi connectivity index (χ2n) is 8.14. The molecule has 29 heavy (non-hydrogen) atoms. The zero-order chi connectivity index (χ0) is 19.8. The van der Waals surface area contributed by atoms with Crippen molar-refractivity contribution in [2.45, 2.75) is 25.7 Å². The van der Waals surface area contributed by atoms with Gasteiger partial charge in [0.25, 0.3) is 0 Å². The first-order valence-corrected chi connectivity index (χ1v) is 10.4. The Balaban J connectivity index is 1.21. The molecule has 6 heteroatoms. The number of fused-ring (bicyclic) bond motifs is 1. The summed E-state index contributed by atoms with van der Waals surface area (Å²) in [4.78, 5) is 24.9. The number of carbonyl (C=O) groups is 1. The van der Waals surface area contributed by atoms with Crippen molar-refractivity contribution >= 4 is 29.0 Å². The number of aromatic nitrogens is 2. The molecule has 3 aromatic rings. The van der Waals surface area contributed by atoms with Gasteiger partial charge in [-0.2, -0.15) is 0 Å². The first-order valence-electron chi connectivity index (χ1n) is 10.4. The number of amides is 1. The minimum Gasteiger partial charge on any atom is -0.461 e. The maximum atomic E-state index is 12.7. The van der Waals surface area contributed by atoms with Crippen LogP contribution in [0.3, 0.4) is 0 Å². The topological polar surface area (TPSA) is 65.4 Å². The van der Waals surface area contributed by atoms with E-state index in [1.54, 1.807) is 12.2 Å². The van der Waals surface area contributed by atoms with Gasteiger partial charge in [0.2, 0.25) is 11.9 Å². The molecule has 2 aliphatic rings. The van der Waals surface area contributed by atoms with E-state index >= 15 is 0 Å². The third-order valence-electron chi connectivity index (χ3n) is 6.00. The summed E-state index contributed by atoms with van der Waals surface area (Å²) in [6.07, 6.45) is 5.54. The molecule has 150 valence electrons. The maximum Gasteiger partial charge on any atom is 0.246 e. The minimum absolute atomic E-state index is 0.0363. The highest BCUT2D eigenvalue weighted by molar-refractivity contribution is 5.91. The van der Waals surface area contributed by atoms with E-state index in [9.17, 15) is 4.79 Å². The van der Waals surface area contributed by atoms with E-state index < -0.39 is 0 Å². The van der Waals surface area contributed by atoms with Crippen molar-refractivity contribution in [2.75, 3.05) is 31.1 Å². The molecule has 2 atom stereocenters. The van der Waals surface area contributed by atoms with Crippen molar-refractivity contribution in [1.82, 2.24) is 14.9 Å². The summed E-state index contributed by atoms with van der Waals surface area (Å²) in [5.41, 5.74) is 2.02. The van der Waals surface area contributed by atoms with E-state index in [1.165, 1.54) is 6.42 Å². The summed E-state index contributed by atoms with van der Waals surface area (Å²) < 4.78 is 5.87. The molecule has 1 saturated carbocycles. The number of carbonyl (C=O) groups excluding carboxylic acids is 1. The molecule has 0 radical (unpaired) electrons. The number of aromatic amines is 1. The molecular formula is C23H26N4O2. The number of anilines is 1. The Kier molecular flexibility index (Phi) is 4.62. The number of furan rings is 1. The van der Waals surface area contributed by atoms with Crippen LogP contribution in [-0.2, 0) is 4.79 Å². The van der Waals surface area contributed by atoms with E-state index in [1.807, 2.05) is 41.3 Å². The normalized spacial score (nSPS) is 22.4. The lowest BCUT2D eigenvalue weighted by molar-refractivity contribution is -0.125. The van der Waals surface area contributed by atoms with Crippen LogP contribution in [0.25, 0.3) is 17.1 Å². The summed E-state index contributed by atoms with van der Waals surface area (Å²) in [6.45, 7) is 5.32. The van der Waals surface area contributed by atoms with Gasteiger partial charge in [-0.05, 0) is 49.1 Å². The van der Waals surface area contributed by atoms with Crippen LogP contribution in [0.2, 0.25) is 0 Å². The van der Waals surface area contributed by atoms with Crippen molar-refractivity contribution in [3.05, 3.63) is 54.0 Å². The summed E-state index contributed by atoms with van der Waals surface area (Å²) in [5.74, 6) is 3.99. The van der Waals surface area contributed by atoms with Gasteiger partial charge in [0.05, 0.1) is 11.0 Å². The smallest absolute Gasteiger partial charge is 0.246 e. The first kappa shape index (κ1) is 18.0. The van der Waals surface area contributed by atoms with Gasteiger partial charge in [-0.3, -0.25) is 4.79 Å². The molecule has 1 N–H and O–H groups in total. The van der Waals surface area contributed by atoms with Gasteiger partial charge < -0.3 is 19.2 Å². The molecule has 1 aliphatic heterocycles. The monoisotopic (exact) mass is 390 g/mol. The highest BCUT2D eigenvalue weighted by Crippen LogP contribution is 2.47. The number of nitrogens with one attached hydrogen (secondary N) is 1. The molecule has 2 unspecified atom stereocenters. The Hall–Kier alpha value is -3.02. The number of nitrogens with zero attached hydrogens (tertiary/aromatic N) is 3. The quantitative estimate of drug-likeness (QED) is 0.683. The van der Waals surface area contributed by atoms with Crippen LogP contribution in [0.4, 0.5) is 5.95 Å². The number of hydrogen-bond donors (Lipinski definition) is 1. The Labute approximate surface area is 170 Å². The van der Waals surface area contributed by atoms with Crippen LogP contribution in [0.15, 0.2) is 46.9 Å². The molecule has 0 spiro atoms. The van der Waals surface area contributed by atoms with Gasteiger partial charge in [0.1, 0.15) is 11.5 Å². The van der Waals surface area contributed by atoms with E-state index in [4.69, 9.17) is 9.40 Å². The standard InChI is InChI=1S/C23H26N4O2/c1-16-15-18(16)21-9-7-17(29-21)8-10-22(28)26-11-4-12-27(14-13-26)23-24-19-5-2-3-6-20(19)25-23/h2-3,5-10,16,18H,4,11-15H2,1H3,(H,24,25)/b10-8+. The van der Waals surface area contributed by atoms with Gasteiger partial charge >= 0.3 is 0 Å². The average molecular weight is 390 g/mol. The van der Waals surface area contributed by atoms with Crippen LogP contribution in [0.5, 0.6) is 0 Å². The number of para-hydroxylation sites is 2. The fraction of sp³-hybridized carbons (Fsp3) is 0.391. The highest BCUT2D eigenvalue weighted by atomic mass is 16.3. The van der Waals surface area contributed by atoms with E-state index in [0.29, 0.717) is 18.4 Å². The summed E-state index contributed by atoms with van der Waals surface area (Å²) >= 11 is 0. The van der Waals surface area contributed by atoms with Crippen molar-refractivity contribution in [3.8, 4) is 0 Å². The van der Waals surface area contributed by atoms with E-state index in [2.05, 4.69) is 16.8 Å². The third kappa shape index (κ3) is 3.79. The Morgan fingerprint density at radius 3 is 2.86 bits per heavy atom. The zero-order valence-corrected chi connectivity index (χ0v) is 16.7. The molecule has 1 aromatic carbocycles. The third-order valence-corrected chi connectivity index (χ3v) is 6.00. The molecule has 1 amide bonds. The molecule has 2 aromatic heterocycles. The predicted octanol–water partition coefficient (Wildman–Crippen LogP) is 4.03. The minimum atomic E-state index is 0.0363. The fourth-order valence-corrected chi connectivity index (χ4v) is 4.07. The molecule has 5 rings (SSSR count). The second kappa shape index (κ2) is 7.43. The predicted molar refractivity (Wildman–Crippen MR) is 114 cm³/mol. The van der Waals surface area contributed by atoms with Crippen molar-refractivity contribution < 1.29 is 9.21 Å². The summed E-state index contributed by atoms with van der Waals surface area (Å²) in [5, 5.41) is 0. The van der Waals surface area contributed by atoms with Gasteiger partial charge in [0.15, 0.2) is 0 Å². The van der Waals surface area contributed by atoms with Crippen LogP contribution in [-0.4, -0.2) is 47.0 Å². The van der Waals surface area contributed by atoms with Crippen molar-refractivity contribution in [1.29, 1.82) is 0 Å². The van der Waals surface area contributed by atoms with E-state index in [-0.39, 0.29) is 5.91 Å². The lowest BCUT2D eigenvalue weighted by atomic mass is 10.3. The Bertz CT molecular complexity index is 1020. The van der Waals surface area contributed by atoms with Crippen LogP contribution < -0.4 is 4.90 Å². The SMILES string of the molecule is CC1CC1c1ccc(/C=C/C(=O)N2CCCN(c3nc4ccccc4[nH]3)CC2)o1. The number of benzene rings is 1.